The van der Waals surface area contributed by atoms with Gasteiger partial charge in [0, 0.05) is 23.7 Å². The zero-order valence-electron chi connectivity index (χ0n) is 15.1. The van der Waals surface area contributed by atoms with Crippen LogP contribution >= 0.6 is 11.3 Å². The highest BCUT2D eigenvalue weighted by Gasteiger charge is 2.21. The van der Waals surface area contributed by atoms with Crippen LogP contribution in [0.1, 0.15) is 43.0 Å². The highest BCUT2D eigenvalue weighted by Crippen LogP contribution is 2.26. The van der Waals surface area contributed by atoms with Crippen LogP contribution < -0.4 is 4.72 Å². The number of nitrogens with zero attached hydrogens (tertiary/aromatic N) is 1. The number of carbonyl (C=O) groups excluding carboxylic acids is 1. The lowest BCUT2D eigenvalue weighted by Gasteiger charge is -2.14. The van der Waals surface area contributed by atoms with Crippen molar-refractivity contribution in [2.75, 3.05) is 17.8 Å². The van der Waals surface area contributed by atoms with Gasteiger partial charge in [0.05, 0.1) is 6.42 Å². The van der Waals surface area contributed by atoms with E-state index in [4.69, 9.17) is 0 Å². The molecule has 2 heterocycles. The molecule has 2 aromatic rings. The molecule has 26 heavy (non-hydrogen) atoms. The molecule has 1 aromatic heterocycles. The van der Waals surface area contributed by atoms with Gasteiger partial charge in [0.15, 0.2) is 0 Å². The molecule has 0 bridgehead atoms. The summed E-state index contributed by atoms with van der Waals surface area (Å²) in [6, 6.07) is 10.7. The van der Waals surface area contributed by atoms with E-state index in [1.807, 2.05) is 17.0 Å². The van der Waals surface area contributed by atoms with Gasteiger partial charge in [0.2, 0.25) is 5.91 Å². The topological polar surface area (TPSA) is 66.5 Å². The minimum atomic E-state index is -3.64. The van der Waals surface area contributed by atoms with Gasteiger partial charge in [0.25, 0.3) is 10.0 Å². The predicted molar refractivity (Wildman–Crippen MR) is 105 cm³/mol. The molecule has 1 aliphatic heterocycles. The van der Waals surface area contributed by atoms with Crippen LogP contribution in [0.25, 0.3) is 0 Å². The van der Waals surface area contributed by atoms with Crippen molar-refractivity contribution in [3.63, 3.8) is 0 Å². The number of hydrogen-bond acceptors (Lipinski definition) is 4. The maximum atomic E-state index is 12.6. The molecule has 0 radical (unpaired) electrons. The van der Waals surface area contributed by atoms with Gasteiger partial charge in [-0.3, -0.25) is 9.52 Å². The van der Waals surface area contributed by atoms with Crippen molar-refractivity contribution in [1.29, 1.82) is 0 Å². The molecule has 1 aliphatic rings. The number of thiophene rings is 1. The lowest BCUT2D eigenvalue weighted by Crippen LogP contribution is -2.28. The third-order valence-electron chi connectivity index (χ3n) is 4.52. The zero-order chi connectivity index (χ0) is 18.7. The van der Waals surface area contributed by atoms with E-state index in [1.54, 1.807) is 24.3 Å². The summed E-state index contributed by atoms with van der Waals surface area (Å²) in [5.74, 6) is 0.471. The van der Waals surface area contributed by atoms with Gasteiger partial charge in [-0.05, 0) is 48.6 Å². The third-order valence-corrected chi connectivity index (χ3v) is 7.47. The van der Waals surface area contributed by atoms with Gasteiger partial charge < -0.3 is 4.90 Å². The summed E-state index contributed by atoms with van der Waals surface area (Å²) in [5.41, 5.74) is 1.70. The maximum Gasteiger partial charge on any atom is 0.271 e. The Morgan fingerprint density at radius 3 is 2.38 bits per heavy atom. The van der Waals surface area contributed by atoms with Crippen molar-refractivity contribution in [2.45, 2.75) is 43.2 Å². The molecule has 0 unspecified atom stereocenters. The van der Waals surface area contributed by atoms with Crippen LogP contribution in [0.4, 0.5) is 5.69 Å². The molecule has 1 amide bonds. The van der Waals surface area contributed by atoms with Crippen molar-refractivity contribution < 1.29 is 13.2 Å². The van der Waals surface area contributed by atoms with E-state index in [0.717, 1.165) is 47.7 Å². The van der Waals surface area contributed by atoms with Crippen LogP contribution in [-0.2, 0) is 21.2 Å². The highest BCUT2D eigenvalue weighted by molar-refractivity contribution is 7.94. The number of rotatable bonds is 6. The molecule has 7 heteroatoms. The van der Waals surface area contributed by atoms with Crippen LogP contribution in [0.5, 0.6) is 0 Å². The average Bonchev–Trinajstić information content (AvgIpc) is 3.27. The summed E-state index contributed by atoms with van der Waals surface area (Å²) >= 11 is 1.16. The number of benzene rings is 1. The summed E-state index contributed by atoms with van der Waals surface area (Å²) in [4.78, 5) is 14.8. The second-order valence-corrected chi connectivity index (χ2v) is 9.95. The molecule has 0 saturated carbocycles. The normalized spacial score (nSPS) is 14.8. The molecular weight excluding hydrogens is 368 g/mol. The SMILES string of the molecule is CC(C)c1ccc(NS(=O)(=O)c2ccc(CC(=O)N3CCCC3)s2)cc1. The first kappa shape index (κ1) is 18.9. The molecule has 3 rings (SSSR count). The number of carbonyl (C=O) groups is 1. The highest BCUT2D eigenvalue weighted by atomic mass is 32.2. The van der Waals surface area contributed by atoms with Crippen molar-refractivity contribution in [1.82, 2.24) is 4.90 Å². The van der Waals surface area contributed by atoms with Crippen molar-refractivity contribution in [3.8, 4) is 0 Å². The fourth-order valence-electron chi connectivity index (χ4n) is 2.97. The molecular formula is C19H24N2O3S2. The van der Waals surface area contributed by atoms with Crippen molar-refractivity contribution in [2.24, 2.45) is 0 Å². The molecule has 0 aliphatic carbocycles. The first-order valence-corrected chi connectivity index (χ1v) is 11.1. The van der Waals surface area contributed by atoms with Gasteiger partial charge in [0.1, 0.15) is 4.21 Å². The first-order valence-electron chi connectivity index (χ1n) is 8.84. The lowest BCUT2D eigenvalue weighted by atomic mass is 10.0. The molecule has 1 aromatic carbocycles. The fourth-order valence-corrected chi connectivity index (χ4v) is 5.37. The van der Waals surface area contributed by atoms with Crippen LogP contribution in [0.15, 0.2) is 40.6 Å². The van der Waals surface area contributed by atoms with Gasteiger partial charge in [-0.1, -0.05) is 26.0 Å². The average molecular weight is 393 g/mol. The van der Waals surface area contributed by atoms with Gasteiger partial charge >= 0.3 is 0 Å². The molecule has 0 atom stereocenters. The Morgan fingerprint density at radius 1 is 1.12 bits per heavy atom. The van der Waals surface area contributed by atoms with Crippen molar-refractivity contribution in [3.05, 3.63) is 46.8 Å². The predicted octanol–water partition coefficient (Wildman–Crippen LogP) is 3.84. The molecule has 1 saturated heterocycles. The fraction of sp³-hybridized carbons (Fsp3) is 0.421. The van der Waals surface area contributed by atoms with Crippen molar-refractivity contribution >= 4 is 33.0 Å². The number of nitrogens with one attached hydrogen (secondary N) is 1. The number of amides is 1. The minimum Gasteiger partial charge on any atom is -0.342 e. The van der Waals surface area contributed by atoms with Gasteiger partial charge in [-0.25, -0.2) is 8.42 Å². The van der Waals surface area contributed by atoms with Crippen LogP contribution in [0.3, 0.4) is 0 Å². The van der Waals surface area contributed by atoms with E-state index < -0.39 is 10.0 Å². The van der Waals surface area contributed by atoms with E-state index >= 15 is 0 Å². The summed E-state index contributed by atoms with van der Waals surface area (Å²) in [6.07, 6.45) is 2.37. The smallest absolute Gasteiger partial charge is 0.271 e. The van der Waals surface area contributed by atoms with E-state index in [1.165, 1.54) is 0 Å². The Kier molecular flexibility index (Phi) is 5.67. The third kappa shape index (κ3) is 4.45. The second kappa shape index (κ2) is 7.80. The lowest BCUT2D eigenvalue weighted by molar-refractivity contribution is -0.129. The summed E-state index contributed by atoms with van der Waals surface area (Å²) in [7, 11) is -3.64. The summed E-state index contributed by atoms with van der Waals surface area (Å²) in [5, 5.41) is 0. The molecule has 0 spiro atoms. The number of sulfonamides is 1. The molecule has 5 nitrogen and oxygen atoms in total. The number of hydrogen-bond donors (Lipinski definition) is 1. The van der Waals surface area contributed by atoms with E-state index in [0.29, 0.717) is 11.6 Å². The van der Waals surface area contributed by atoms with Crippen LogP contribution in [0.2, 0.25) is 0 Å². The Balaban J connectivity index is 1.67. The van der Waals surface area contributed by atoms with Gasteiger partial charge in [-0.15, -0.1) is 11.3 Å². The Morgan fingerprint density at radius 2 is 1.77 bits per heavy atom. The Hall–Kier alpha value is -1.86. The number of likely N-dealkylation sites (tertiary alicyclic amines) is 1. The van der Waals surface area contributed by atoms with E-state index in [9.17, 15) is 13.2 Å². The Labute approximate surface area is 159 Å². The monoisotopic (exact) mass is 392 g/mol. The van der Waals surface area contributed by atoms with Gasteiger partial charge in [-0.2, -0.15) is 0 Å². The van der Waals surface area contributed by atoms with E-state index in [-0.39, 0.29) is 16.5 Å². The number of anilines is 1. The zero-order valence-corrected chi connectivity index (χ0v) is 16.7. The summed E-state index contributed by atoms with van der Waals surface area (Å²) < 4.78 is 28.0. The minimum absolute atomic E-state index is 0.0746. The molecule has 1 N–H and O–H groups in total. The second-order valence-electron chi connectivity index (χ2n) is 6.87. The largest absolute Gasteiger partial charge is 0.342 e. The van der Waals surface area contributed by atoms with Crippen LogP contribution in [-0.4, -0.2) is 32.3 Å². The van der Waals surface area contributed by atoms with E-state index in [2.05, 4.69) is 18.6 Å². The maximum absolute atomic E-state index is 12.6. The summed E-state index contributed by atoms with van der Waals surface area (Å²) in [6.45, 7) is 5.80. The standard InChI is InChI=1S/C19H24N2O3S2/c1-14(2)15-5-7-16(8-6-15)20-26(23,24)19-10-9-17(25-19)13-18(22)21-11-3-4-12-21/h5-10,14,20H,3-4,11-13H2,1-2H3. The quantitative estimate of drug-likeness (QED) is 0.812. The Bertz CT molecular complexity index is 864. The first-order chi connectivity index (χ1) is 12.3. The van der Waals surface area contributed by atoms with Crippen LogP contribution in [0, 0.1) is 0 Å². The molecule has 1 fully saturated rings. The molecule has 140 valence electrons.